The van der Waals surface area contributed by atoms with Crippen LogP contribution in [-0.4, -0.2) is 60.0 Å². The minimum Gasteiger partial charge on any atom is -0.398 e. The van der Waals surface area contributed by atoms with Crippen LogP contribution in [0.1, 0.15) is 31.8 Å². The van der Waals surface area contributed by atoms with Crippen LogP contribution in [0, 0.1) is 6.92 Å². The van der Waals surface area contributed by atoms with E-state index in [1.807, 2.05) is 13.0 Å². The first kappa shape index (κ1) is 21.9. The van der Waals surface area contributed by atoms with E-state index in [-0.39, 0.29) is 37.6 Å². The first-order chi connectivity index (χ1) is 15.1. The smallest absolute Gasteiger partial charge is 0.398 e. The van der Waals surface area contributed by atoms with Crippen molar-refractivity contribution < 1.29 is 27.5 Å². The van der Waals surface area contributed by atoms with Crippen molar-refractivity contribution in [2.24, 2.45) is 0 Å². The topological polar surface area (TPSA) is 102 Å². The Morgan fingerprint density at radius 3 is 1.84 bits per heavy atom. The number of hydrogen-bond donors (Lipinski definition) is 2. The summed E-state index contributed by atoms with van der Waals surface area (Å²) in [5.74, 6) is -0.805. The first-order valence-corrected chi connectivity index (χ1v) is 10.1. The summed E-state index contributed by atoms with van der Waals surface area (Å²) in [6.07, 6.45) is -5.58. The minimum absolute atomic E-state index is 0.137. The lowest BCUT2D eigenvalue weighted by Gasteiger charge is -2.45. The Bertz CT molecular complexity index is 1060. The second-order valence-electron chi connectivity index (χ2n) is 8.10. The highest BCUT2D eigenvalue weighted by Crippen LogP contribution is 2.35. The number of halogens is 3. The predicted molar refractivity (Wildman–Crippen MR) is 112 cm³/mol. The molecular formula is C22H23F3N4O3. The normalized spacial score (nSPS) is 20.9. The number of para-hydroxylation sites is 2. The number of carbonyl (C=O) groups excluding carboxylic acids is 2. The Balaban J connectivity index is 1.50. The molecule has 2 aliphatic rings. The third kappa shape index (κ3) is 3.97. The van der Waals surface area contributed by atoms with E-state index in [2.05, 4.69) is 0 Å². The van der Waals surface area contributed by atoms with Crippen LogP contribution in [0.4, 0.5) is 24.5 Å². The Kier molecular flexibility index (Phi) is 5.49. The van der Waals surface area contributed by atoms with E-state index in [4.69, 9.17) is 16.2 Å². The third-order valence-corrected chi connectivity index (χ3v) is 5.85. The molecule has 2 aromatic carbocycles. The largest absolute Gasteiger partial charge is 0.418 e. The highest BCUT2D eigenvalue weighted by atomic mass is 19.4. The standard InChI is InChI=1S/C22H23F3N4O3/c1-12-4-2-5-15(18(12)26)20(30)28-8-13-10-29(11-14(9-28)32-13)21(31)16-6-3-7-17(19(16)27)22(23,24)25/h2-7,13-14H,8-11,26-27H2,1H3. The third-order valence-electron chi connectivity index (χ3n) is 5.85. The van der Waals surface area contributed by atoms with Crippen LogP contribution in [-0.2, 0) is 10.9 Å². The minimum atomic E-state index is -4.65. The van der Waals surface area contributed by atoms with E-state index in [1.54, 1.807) is 17.0 Å². The van der Waals surface area contributed by atoms with Crippen molar-refractivity contribution in [1.82, 2.24) is 9.80 Å². The number of alkyl halides is 3. The highest BCUT2D eigenvalue weighted by molar-refractivity contribution is 6.01. The van der Waals surface area contributed by atoms with Gasteiger partial charge in [0.15, 0.2) is 0 Å². The molecule has 2 atom stereocenters. The van der Waals surface area contributed by atoms with Crippen molar-refractivity contribution in [2.75, 3.05) is 37.6 Å². The number of ether oxygens (including phenoxy) is 1. The summed E-state index contributed by atoms with van der Waals surface area (Å²) >= 11 is 0. The van der Waals surface area contributed by atoms with Gasteiger partial charge in [-0.2, -0.15) is 13.2 Å². The van der Waals surface area contributed by atoms with Crippen LogP contribution in [0.5, 0.6) is 0 Å². The molecule has 2 unspecified atom stereocenters. The van der Waals surface area contributed by atoms with Gasteiger partial charge < -0.3 is 26.0 Å². The Hall–Kier alpha value is -3.27. The fourth-order valence-corrected chi connectivity index (χ4v) is 4.23. The number of morpholine rings is 2. The van der Waals surface area contributed by atoms with Gasteiger partial charge in [0.05, 0.1) is 34.6 Å². The zero-order valence-corrected chi connectivity index (χ0v) is 17.4. The van der Waals surface area contributed by atoms with Gasteiger partial charge in [0.2, 0.25) is 0 Å². The fraction of sp³-hybridized carbons (Fsp3) is 0.364. The number of amides is 2. The fourth-order valence-electron chi connectivity index (χ4n) is 4.23. The van der Waals surface area contributed by atoms with Crippen LogP contribution < -0.4 is 11.5 Å². The number of nitrogen functional groups attached to an aromatic ring is 2. The number of benzene rings is 2. The van der Waals surface area contributed by atoms with E-state index < -0.39 is 35.5 Å². The molecule has 0 saturated carbocycles. The van der Waals surface area contributed by atoms with E-state index in [1.165, 1.54) is 17.0 Å². The maximum absolute atomic E-state index is 13.2. The number of carbonyl (C=O) groups is 2. The van der Waals surface area contributed by atoms with Gasteiger partial charge in [-0.25, -0.2) is 0 Å². The van der Waals surface area contributed by atoms with Gasteiger partial charge in [-0.1, -0.05) is 18.2 Å². The molecule has 4 rings (SSSR count). The zero-order chi connectivity index (χ0) is 23.2. The van der Waals surface area contributed by atoms with Gasteiger partial charge >= 0.3 is 6.18 Å². The lowest BCUT2D eigenvalue weighted by molar-refractivity contribution is -0.136. The number of nitrogens with zero attached hydrogens (tertiary/aromatic N) is 2. The van der Waals surface area contributed by atoms with E-state index in [0.29, 0.717) is 11.3 Å². The molecule has 0 aliphatic carbocycles. The lowest BCUT2D eigenvalue weighted by Crippen LogP contribution is -2.61. The number of anilines is 2. The molecular weight excluding hydrogens is 425 g/mol. The zero-order valence-electron chi connectivity index (χ0n) is 17.4. The summed E-state index contributed by atoms with van der Waals surface area (Å²) in [6, 6.07) is 8.56. The Morgan fingerprint density at radius 1 is 0.875 bits per heavy atom. The summed E-state index contributed by atoms with van der Waals surface area (Å²) < 4.78 is 45.4. The number of hydrogen-bond acceptors (Lipinski definition) is 5. The van der Waals surface area contributed by atoms with Crippen molar-refractivity contribution in [3.63, 3.8) is 0 Å². The van der Waals surface area contributed by atoms with Gasteiger partial charge in [0.1, 0.15) is 0 Å². The number of fused-ring (bicyclic) bond motifs is 2. The van der Waals surface area contributed by atoms with Crippen molar-refractivity contribution in [1.29, 1.82) is 0 Å². The summed E-state index contributed by atoms with van der Waals surface area (Å²) in [5.41, 5.74) is 11.6. The summed E-state index contributed by atoms with van der Waals surface area (Å²) in [7, 11) is 0. The van der Waals surface area contributed by atoms with Gasteiger partial charge in [0.25, 0.3) is 11.8 Å². The molecule has 0 spiro atoms. The molecule has 2 amide bonds. The van der Waals surface area contributed by atoms with Gasteiger partial charge in [-0.3, -0.25) is 9.59 Å². The van der Waals surface area contributed by atoms with E-state index in [9.17, 15) is 22.8 Å². The van der Waals surface area contributed by atoms with Crippen LogP contribution in [0.25, 0.3) is 0 Å². The lowest BCUT2D eigenvalue weighted by atomic mass is 10.0. The highest BCUT2D eigenvalue weighted by Gasteiger charge is 2.40. The van der Waals surface area contributed by atoms with Crippen LogP contribution in [0.3, 0.4) is 0 Å². The first-order valence-electron chi connectivity index (χ1n) is 10.1. The molecule has 2 saturated heterocycles. The molecule has 2 heterocycles. The predicted octanol–water partition coefficient (Wildman–Crippen LogP) is 2.54. The second kappa shape index (κ2) is 8.01. The van der Waals surface area contributed by atoms with E-state index in [0.717, 1.165) is 11.6 Å². The Labute approximate surface area is 182 Å². The van der Waals surface area contributed by atoms with Gasteiger partial charge in [-0.15, -0.1) is 0 Å². The monoisotopic (exact) mass is 448 g/mol. The van der Waals surface area contributed by atoms with Crippen molar-refractivity contribution >= 4 is 23.2 Å². The molecule has 0 radical (unpaired) electrons. The molecule has 2 aromatic rings. The molecule has 0 aromatic heterocycles. The molecule has 2 fully saturated rings. The summed E-state index contributed by atoms with van der Waals surface area (Å²) in [6.45, 7) is 2.58. The van der Waals surface area contributed by atoms with Crippen LogP contribution in [0.15, 0.2) is 36.4 Å². The van der Waals surface area contributed by atoms with Crippen molar-refractivity contribution in [3.8, 4) is 0 Å². The second-order valence-corrected chi connectivity index (χ2v) is 8.10. The SMILES string of the molecule is Cc1cccc(C(=O)N2CC3CN(C(=O)c4cccc(C(F)(F)F)c4N)CC(C2)O3)c1N. The molecule has 4 N–H and O–H groups in total. The molecule has 170 valence electrons. The number of nitrogens with two attached hydrogens (primary N) is 2. The Morgan fingerprint density at radius 2 is 1.34 bits per heavy atom. The van der Waals surface area contributed by atoms with Crippen molar-refractivity contribution in [2.45, 2.75) is 25.3 Å². The maximum atomic E-state index is 13.2. The molecule has 7 nitrogen and oxygen atoms in total. The number of rotatable bonds is 2. The van der Waals surface area contributed by atoms with E-state index >= 15 is 0 Å². The molecule has 10 heteroatoms. The van der Waals surface area contributed by atoms with Crippen molar-refractivity contribution in [3.05, 3.63) is 58.7 Å². The average molecular weight is 448 g/mol. The maximum Gasteiger partial charge on any atom is 0.418 e. The number of aryl methyl sites for hydroxylation is 1. The van der Waals surface area contributed by atoms with Crippen LogP contribution in [0.2, 0.25) is 0 Å². The summed E-state index contributed by atoms with van der Waals surface area (Å²) in [4.78, 5) is 29.1. The molecule has 2 bridgehead atoms. The average Bonchev–Trinajstić information content (AvgIpc) is 2.73. The molecule has 2 aliphatic heterocycles. The van der Waals surface area contributed by atoms with Crippen LogP contribution >= 0.6 is 0 Å². The quantitative estimate of drug-likeness (QED) is 0.688. The summed E-state index contributed by atoms with van der Waals surface area (Å²) in [5, 5.41) is 0. The van der Waals surface area contributed by atoms with Gasteiger partial charge in [0, 0.05) is 31.9 Å². The van der Waals surface area contributed by atoms with Gasteiger partial charge in [-0.05, 0) is 30.7 Å². The molecule has 32 heavy (non-hydrogen) atoms.